The Morgan fingerprint density at radius 3 is 2.54 bits per heavy atom. The summed E-state index contributed by atoms with van der Waals surface area (Å²) in [4.78, 5) is 14.7. The Kier molecular flexibility index (Phi) is 3.99. The minimum atomic E-state index is -0.0689. The van der Waals surface area contributed by atoms with Crippen LogP contribution in [0.1, 0.15) is 28.8 Å². The Morgan fingerprint density at radius 2 is 1.75 bits per heavy atom. The minimum Gasteiger partial charge on any atom is -0.454 e. The number of hydrogen-bond donors (Lipinski definition) is 1. The van der Waals surface area contributed by atoms with Gasteiger partial charge in [-0.05, 0) is 54.8 Å². The fraction of sp³-hybridized carbons (Fsp3) is 0.316. The highest BCUT2D eigenvalue weighted by Crippen LogP contribution is 2.32. The second-order valence-electron chi connectivity index (χ2n) is 6.11. The summed E-state index contributed by atoms with van der Waals surface area (Å²) in [5.74, 6) is 1.42. The summed E-state index contributed by atoms with van der Waals surface area (Å²) in [5, 5.41) is 2.95. The highest BCUT2D eigenvalue weighted by Gasteiger charge is 2.15. The van der Waals surface area contributed by atoms with Gasteiger partial charge in [-0.3, -0.25) is 4.79 Å². The van der Waals surface area contributed by atoms with Crippen molar-refractivity contribution in [1.29, 1.82) is 0 Å². The average molecular weight is 324 g/mol. The molecule has 2 heterocycles. The van der Waals surface area contributed by atoms with Crippen LogP contribution in [0.3, 0.4) is 0 Å². The predicted molar refractivity (Wildman–Crippen MR) is 91.6 cm³/mol. The van der Waals surface area contributed by atoms with E-state index in [-0.39, 0.29) is 12.7 Å². The molecule has 0 atom stereocenters. The van der Waals surface area contributed by atoms with Crippen LogP contribution in [-0.4, -0.2) is 25.8 Å². The zero-order valence-electron chi connectivity index (χ0n) is 13.5. The van der Waals surface area contributed by atoms with E-state index in [9.17, 15) is 4.79 Å². The van der Waals surface area contributed by atoms with Crippen molar-refractivity contribution in [3.8, 4) is 11.5 Å². The zero-order chi connectivity index (χ0) is 16.4. The van der Waals surface area contributed by atoms with Crippen molar-refractivity contribution in [3.63, 3.8) is 0 Å². The van der Waals surface area contributed by atoms with E-state index < -0.39 is 0 Å². The van der Waals surface area contributed by atoms with E-state index in [0.717, 1.165) is 30.2 Å². The topological polar surface area (TPSA) is 50.8 Å². The SMILES string of the molecule is O=C(NCc1ccc2c(c1)OCO2)c1ccc(N2CCCC2)cc1. The molecule has 0 radical (unpaired) electrons. The monoisotopic (exact) mass is 324 g/mol. The fourth-order valence-corrected chi connectivity index (χ4v) is 3.13. The molecule has 124 valence electrons. The smallest absolute Gasteiger partial charge is 0.251 e. The van der Waals surface area contributed by atoms with Gasteiger partial charge >= 0.3 is 0 Å². The van der Waals surface area contributed by atoms with Gasteiger partial charge in [-0.1, -0.05) is 6.07 Å². The van der Waals surface area contributed by atoms with Crippen LogP contribution >= 0.6 is 0 Å². The highest BCUT2D eigenvalue weighted by molar-refractivity contribution is 5.94. The average Bonchev–Trinajstić information content (AvgIpc) is 3.31. The van der Waals surface area contributed by atoms with Gasteiger partial charge in [0.15, 0.2) is 11.5 Å². The number of carbonyl (C=O) groups is 1. The first-order chi connectivity index (χ1) is 11.8. The van der Waals surface area contributed by atoms with Crippen LogP contribution in [0.4, 0.5) is 5.69 Å². The molecule has 0 saturated carbocycles. The van der Waals surface area contributed by atoms with E-state index in [1.54, 1.807) is 0 Å². The van der Waals surface area contributed by atoms with Gasteiger partial charge in [0.05, 0.1) is 0 Å². The van der Waals surface area contributed by atoms with E-state index in [0.29, 0.717) is 12.1 Å². The molecule has 4 rings (SSSR count). The molecule has 5 nitrogen and oxygen atoms in total. The summed E-state index contributed by atoms with van der Waals surface area (Å²) in [5.41, 5.74) is 2.86. The molecule has 5 heteroatoms. The second-order valence-corrected chi connectivity index (χ2v) is 6.11. The van der Waals surface area contributed by atoms with E-state index >= 15 is 0 Å². The lowest BCUT2D eigenvalue weighted by Crippen LogP contribution is -2.23. The quantitative estimate of drug-likeness (QED) is 0.939. The Bertz CT molecular complexity index is 737. The number of rotatable bonds is 4. The summed E-state index contributed by atoms with van der Waals surface area (Å²) in [7, 11) is 0. The largest absolute Gasteiger partial charge is 0.454 e. The zero-order valence-corrected chi connectivity index (χ0v) is 13.5. The van der Waals surface area contributed by atoms with Crippen molar-refractivity contribution in [1.82, 2.24) is 5.32 Å². The van der Waals surface area contributed by atoms with Crippen molar-refractivity contribution in [2.24, 2.45) is 0 Å². The van der Waals surface area contributed by atoms with Crippen LogP contribution in [0, 0.1) is 0 Å². The van der Waals surface area contributed by atoms with E-state index in [4.69, 9.17) is 9.47 Å². The Hall–Kier alpha value is -2.69. The van der Waals surface area contributed by atoms with Gasteiger partial charge in [0, 0.05) is 30.9 Å². The molecule has 0 bridgehead atoms. The number of fused-ring (bicyclic) bond motifs is 1. The first-order valence-electron chi connectivity index (χ1n) is 8.31. The van der Waals surface area contributed by atoms with Crippen LogP contribution < -0.4 is 19.7 Å². The second kappa shape index (κ2) is 6.43. The van der Waals surface area contributed by atoms with Gasteiger partial charge in [-0.25, -0.2) is 0 Å². The van der Waals surface area contributed by atoms with Crippen LogP contribution in [0.2, 0.25) is 0 Å². The maximum absolute atomic E-state index is 12.3. The molecule has 0 spiro atoms. The molecule has 1 saturated heterocycles. The Balaban J connectivity index is 1.37. The third-order valence-electron chi connectivity index (χ3n) is 4.49. The highest BCUT2D eigenvalue weighted by atomic mass is 16.7. The third-order valence-corrected chi connectivity index (χ3v) is 4.49. The molecule has 2 aromatic rings. The number of anilines is 1. The van der Waals surface area contributed by atoms with Crippen molar-refractivity contribution in [2.75, 3.05) is 24.8 Å². The van der Waals surface area contributed by atoms with Crippen LogP contribution in [0.25, 0.3) is 0 Å². The number of hydrogen-bond acceptors (Lipinski definition) is 4. The molecular weight excluding hydrogens is 304 g/mol. The summed E-state index contributed by atoms with van der Waals surface area (Å²) in [6.45, 7) is 2.93. The molecule has 2 aliphatic rings. The third kappa shape index (κ3) is 3.02. The minimum absolute atomic E-state index is 0.0689. The standard InChI is InChI=1S/C19H20N2O3/c22-19(15-4-6-16(7-5-15)21-9-1-2-10-21)20-12-14-3-8-17-18(11-14)24-13-23-17/h3-8,11H,1-2,9-10,12-13H2,(H,20,22). The van der Waals surface area contributed by atoms with Crippen LogP contribution in [0.5, 0.6) is 11.5 Å². The van der Waals surface area contributed by atoms with Crippen molar-refractivity contribution in [3.05, 3.63) is 53.6 Å². The maximum Gasteiger partial charge on any atom is 0.251 e. The van der Waals surface area contributed by atoms with E-state index in [1.807, 2.05) is 42.5 Å². The number of benzene rings is 2. The molecule has 0 aromatic heterocycles. The summed E-state index contributed by atoms with van der Waals surface area (Å²) in [6.07, 6.45) is 2.50. The number of carbonyl (C=O) groups excluding carboxylic acids is 1. The maximum atomic E-state index is 12.3. The van der Waals surface area contributed by atoms with Crippen LogP contribution in [-0.2, 0) is 6.54 Å². The Morgan fingerprint density at radius 1 is 1.00 bits per heavy atom. The number of nitrogens with zero attached hydrogens (tertiary/aromatic N) is 1. The normalized spacial score (nSPS) is 15.6. The van der Waals surface area contributed by atoms with Crippen LogP contribution in [0.15, 0.2) is 42.5 Å². The fourth-order valence-electron chi connectivity index (χ4n) is 3.13. The van der Waals surface area contributed by atoms with Gasteiger partial charge in [-0.15, -0.1) is 0 Å². The summed E-state index contributed by atoms with van der Waals surface area (Å²) < 4.78 is 10.6. The predicted octanol–water partition coefficient (Wildman–Crippen LogP) is 2.95. The van der Waals surface area contributed by atoms with Gasteiger partial charge in [0.1, 0.15) is 0 Å². The lowest BCUT2D eigenvalue weighted by Gasteiger charge is -2.17. The van der Waals surface area contributed by atoms with Gasteiger partial charge in [0.2, 0.25) is 6.79 Å². The molecule has 24 heavy (non-hydrogen) atoms. The molecule has 1 amide bonds. The molecule has 1 fully saturated rings. The van der Waals surface area contributed by atoms with Gasteiger partial charge in [-0.2, -0.15) is 0 Å². The first kappa shape index (κ1) is 14.9. The van der Waals surface area contributed by atoms with E-state index in [1.165, 1.54) is 18.5 Å². The molecular formula is C19H20N2O3. The molecule has 0 aliphatic carbocycles. The molecule has 2 aromatic carbocycles. The molecule has 1 N–H and O–H groups in total. The first-order valence-corrected chi connectivity index (χ1v) is 8.31. The van der Waals surface area contributed by atoms with Gasteiger partial charge in [0.25, 0.3) is 5.91 Å². The molecule has 2 aliphatic heterocycles. The van der Waals surface area contributed by atoms with Crippen molar-refractivity contribution < 1.29 is 14.3 Å². The number of amides is 1. The lowest BCUT2D eigenvalue weighted by molar-refractivity contribution is 0.0951. The molecule has 0 unspecified atom stereocenters. The number of ether oxygens (including phenoxy) is 2. The number of nitrogens with one attached hydrogen (secondary N) is 1. The van der Waals surface area contributed by atoms with Gasteiger partial charge < -0.3 is 19.7 Å². The van der Waals surface area contributed by atoms with Crippen molar-refractivity contribution in [2.45, 2.75) is 19.4 Å². The summed E-state index contributed by atoms with van der Waals surface area (Å²) in [6, 6.07) is 13.5. The van der Waals surface area contributed by atoms with E-state index in [2.05, 4.69) is 10.2 Å². The lowest BCUT2D eigenvalue weighted by atomic mass is 10.1. The Labute approximate surface area is 141 Å². The van der Waals surface area contributed by atoms with Crippen molar-refractivity contribution >= 4 is 11.6 Å². The summed E-state index contributed by atoms with van der Waals surface area (Å²) >= 11 is 0.